The number of hydrogen-bond donors (Lipinski definition) is 2. The van der Waals surface area contributed by atoms with E-state index in [9.17, 15) is 17.6 Å². The first-order chi connectivity index (χ1) is 16.8. The number of carbonyl (C=O) groups is 1. The molecule has 1 aromatic heterocycles. The molecule has 4 rings (SSSR count). The van der Waals surface area contributed by atoms with Crippen molar-refractivity contribution < 1.29 is 22.0 Å². The lowest BCUT2D eigenvalue weighted by molar-refractivity contribution is -0.116. The molecule has 0 aliphatic heterocycles. The summed E-state index contributed by atoms with van der Waals surface area (Å²) in [4.78, 5) is 16.6. The van der Waals surface area contributed by atoms with Crippen molar-refractivity contribution in [3.63, 3.8) is 0 Å². The van der Waals surface area contributed by atoms with Crippen molar-refractivity contribution in [2.45, 2.75) is 31.1 Å². The van der Waals surface area contributed by atoms with Crippen molar-refractivity contribution in [3.8, 4) is 11.3 Å². The van der Waals surface area contributed by atoms with Gasteiger partial charge < -0.3 is 9.73 Å². The molecule has 0 aliphatic rings. The first-order valence-corrected chi connectivity index (χ1v) is 12.5. The van der Waals surface area contributed by atoms with E-state index in [4.69, 9.17) is 4.42 Å². The Morgan fingerprint density at radius 2 is 1.77 bits per heavy atom. The van der Waals surface area contributed by atoms with Gasteiger partial charge in [0.1, 0.15) is 5.82 Å². The molecule has 2 N–H and O–H groups in total. The van der Waals surface area contributed by atoms with Crippen LogP contribution in [0.2, 0.25) is 0 Å². The molecule has 9 heteroatoms. The summed E-state index contributed by atoms with van der Waals surface area (Å²) in [7, 11) is -4.06. The summed E-state index contributed by atoms with van der Waals surface area (Å²) in [6.45, 7) is 1.63. The molecule has 0 saturated carbocycles. The van der Waals surface area contributed by atoms with E-state index in [0.29, 0.717) is 35.7 Å². The Balaban J connectivity index is 1.35. The number of amides is 1. The standard InChI is InChI=1S/C26H24FN3O4S/c1-18-14-15-20(16-24(18)35(32,33)30-22-11-6-5-10-21(22)27)29-25(31)12-7-13-26-28-17-23(34-26)19-8-3-2-4-9-19/h2-6,8-11,14-17,30H,7,12-13H2,1H3,(H,29,31). The molecule has 3 aromatic carbocycles. The number of aromatic nitrogens is 1. The Bertz CT molecular complexity index is 1440. The van der Waals surface area contributed by atoms with Crippen LogP contribution in [0.15, 0.2) is 88.3 Å². The first-order valence-electron chi connectivity index (χ1n) is 11.0. The van der Waals surface area contributed by atoms with Gasteiger partial charge in [-0.05, 0) is 43.2 Å². The number of aryl methyl sites for hydroxylation is 2. The second kappa shape index (κ2) is 10.5. The number of anilines is 2. The highest BCUT2D eigenvalue weighted by Crippen LogP contribution is 2.25. The number of oxazole rings is 1. The van der Waals surface area contributed by atoms with E-state index < -0.39 is 15.8 Å². The second-order valence-electron chi connectivity index (χ2n) is 7.95. The highest BCUT2D eigenvalue weighted by Gasteiger charge is 2.19. The molecule has 35 heavy (non-hydrogen) atoms. The van der Waals surface area contributed by atoms with Crippen LogP contribution in [-0.4, -0.2) is 19.3 Å². The average Bonchev–Trinajstić information content (AvgIpc) is 3.31. The quantitative estimate of drug-likeness (QED) is 0.318. The monoisotopic (exact) mass is 493 g/mol. The fourth-order valence-electron chi connectivity index (χ4n) is 3.50. The predicted molar refractivity (Wildman–Crippen MR) is 132 cm³/mol. The number of rotatable bonds is 9. The lowest BCUT2D eigenvalue weighted by atomic mass is 10.2. The van der Waals surface area contributed by atoms with Gasteiger partial charge in [0.25, 0.3) is 10.0 Å². The highest BCUT2D eigenvalue weighted by atomic mass is 32.2. The Hall–Kier alpha value is -3.98. The van der Waals surface area contributed by atoms with Crippen LogP contribution in [0.5, 0.6) is 0 Å². The summed E-state index contributed by atoms with van der Waals surface area (Å²) in [6, 6.07) is 19.7. The van der Waals surface area contributed by atoms with Crippen LogP contribution in [0.4, 0.5) is 15.8 Å². The summed E-state index contributed by atoms with van der Waals surface area (Å²) < 4.78 is 47.6. The molecule has 0 unspecified atom stereocenters. The zero-order valence-electron chi connectivity index (χ0n) is 19.0. The van der Waals surface area contributed by atoms with Gasteiger partial charge in [-0.3, -0.25) is 9.52 Å². The van der Waals surface area contributed by atoms with Crippen molar-refractivity contribution in [3.05, 3.63) is 96.3 Å². The van der Waals surface area contributed by atoms with E-state index >= 15 is 0 Å². The van der Waals surface area contributed by atoms with Gasteiger partial charge in [0.15, 0.2) is 11.7 Å². The van der Waals surface area contributed by atoms with E-state index in [2.05, 4.69) is 15.0 Å². The maximum atomic E-state index is 13.9. The predicted octanol–water partition coefficient (Wildman–Crippen LogP) is 5.55. The number of hydrogen-bond acceptors (Lipinski definition) is 5. The largest absolute Gasteiger partial charge is 0.441 e. The maximum absolute atomic E-state index is 13.9. The van der Waals surface area contributed by atoms with E-state index in [-0.39, 0.29) is 22.9 Å². The molecule has 1 heterocycles. The van der Waals surface area contributed by atoms with Crippen LogP contribution >= 0.6 is 0 Å². The van der Waals surface area contributed by atoms with E-state index in [1.807, 2.05) is 30.3 Å². The normalized spacial score (nSPS) is 11.3. The molecule has 180 valence electrons. The summed E-state index contributed by atoms with van der Waals surface area (Å²) in [6.07, 6.45) is 2.85. The molecule has 0 radical (unpaired) electrons. The zero-order valence-corrected chi connectivity index (χ0v) is 19.8. The van der Waals surface area contributed by atoms with Crippen LogP contribution in [0.3, 0.4) is 0 Å². The number of carbonyl (C=O) groups excluding carboxylic acids is 1. The summed E-state index contributed by atoms with van der Waals surface area (Å²) in [5.41, 5.74) is 1.57. The van der Waals surface area contributed by atoms with Gasteiger partial charge in [-0.15, -0.1) is 0 Å². The summed E-state index contributed by atoms with van der Waals surface area (Å²) >= 11 is 0. The lowest BCUT2D eigenvalue weighted by Crippen LogP contribution is -2.16. The van der Waals surface area contributed by atoms with Gasteiger partial charge in [-0.25, -0.2) is 17.8 Å². The molecule has 7 nitrogen and oxygen atoms in total. The zero-order chi connectivity index (χ0) is 24.8. The number of halogens is 1. The molecule has 0 saturated heterocycles. The molecule has 1 amide bonds. The van der Waals surface area contributed by atoms with E-state index in [1.54, 1.807) is 25.3 Å². The third-order valence-electron chi connectivity index (χ3n) is 5.29. The third kappa shape index (κ3) is 6.13. The van der Waals surface area contributed by atoms with E-state index in [1.165, 1.54) is 30.3 Å². The number of benzene rings is 3. The fraction of sp³-hybridized carbons (Fsp3) is 0.154. The lowest BCUT2D eigenvalue weighted by Gasteiger charge is -2.13. The van der Waals surface area contributed by atoms with Crippen LogP contribution in [-0.2, 0) is 21.2 Å². The first kappa shape index (κ1) is 24.2. The van der Waals surface area contributed by atoms with Crippen LogP contribution < -0.4 is 10.0 Å². The van der Waals surface area contributed by atoms with Crippen molar-refractivity contribution in [2.24, 2.45) is 0 Å². The molecule has 0 spiro atoms. The summed E-state index contributed by atoms with van der Waals surface area (Å²) in [5, 5.41) is 2.72. The Morgan fingerprint density at radius 3 is 2.54 bits per heavy atom. The van der Waals surface area contributed by atoms with Gasteiger partial charge in [0.05, 0.1) is 16.8 Å². The Morgan fingerprint density at radius 1 is 1.03 bits per heavy atom. The average molecular weight is 494 g/mol. The SMILES string of the molecule is Cc1ccc(NC(=O)CCCc2ncc(-c3ccccc3)o2)cc1S(=O)(=O)Nc1ccccc1F. The molecule has 0 fully saturated rings. The number of nitrogens with one attached hydrogen (secondary N) is 2. The van der Waals surface area contributed by atoms with Gasteiger partial charge >= 0.3 is 0 Å². The van der Waals surface area contributed by atoms with Gasteiger partial charge in [-0.1, -0.05) is 48.5 Å². The van der Waals surface area contributed by atoms with Crippen molar-refractivity contribution >= 4 is 27.3 Å². The smallest absolute Gasteiger partial charge is 0.262 e. The third-order valence-corrected chi connectivity index (χ3v) is 6.79. The maximum Gasteiger partial charge on any atom is 0.262 e. The topological polar surface area (TPSA) is 101 Å². The van der Waals surface area contributed by atoms with Crippen molar-refractivity contribution in [2.75, 3.05) is 10.0 Å². The van der Waals surface area contributed by atoms with E-state index in [0.717, 1.165) is 5.56 Å². The second-order valence-corrected chi connectivity index (χ2v) is 9.60. The molecular weight excluding hydrogens is 469 g/mol. The minimum absolute atomic E-state index is 0.0493. The molecule has 4 aromatic rings. The van der Waals surface area contributed by atoms with Crippen LogP contribution in [0, 0.1) is 12.7 Å². The Kier molecular flexibility index (Phi) is 7.26. The van der Waals surface area contributed by atoms with Crippen LogP contribution in [0.25, 0.3) is 11.3 Å². The molecule has 0 bridgehead atoms. The Labute approximate surface area is 203 Å². The summed E-state index contributed by atoms with van der Waals surface area (Å²) in [5.74, 6) is 0.260. The van der Waals surface area contributed by atoms with Crippen LogP contribution in [0.1, 0.15) is 24.3 Å². The minimum atomic E-state index is -4.06. The molecule has 0 aliphatic carbocycles. The number of nitrogens with zero attached hydrogens (tertiary/aromatic N) is 1. The molecule has 0 atom stereocenters. The molecular formula is C26H24FN3O4S. The van der Waals surface area contributed by atoms with Crippen molar-refractivity contribution in [1.82, 2.24) is 4.98 Å². The van der Waals surface area contributed by atoms with Gasteiger partial charge in [0.2, 0.25) is 5.91 Å². The highest BCUT2D eigenvalue weighted by molar-refractivity contribution is 7.92. The number of para-hydroxylation sites is 1. The fourth-order valence-corrected chi connectivity index (χ4v) is 4.84. The van der Waals surface area contributed by atoms with Crippen molar-refractivity contribution in [1.29, 1.82) is 0 Å². The van der Waals surface area contributed by atoms with Gasteiger partial charge in [-0.2, -0.15) is 0 Å². The number of sulfonamides is 1. The minimum Gasteiger partial charge on any atom is -0.441 e. The van der Waals surface area contributed by atoms with Gasteiger partial charge in [0, 0.05) is 24.1 Å².